The van der Waals surface area contributed by atoms with Crippen LogP contribution < -0.4 is 0 Å². The van der Waals surface area contributed by atoms with Crippen molar-refractivity contribution in [1.82, 2.24) is 0 Å². The predicted octanol–water partition coefficient (Wildman–Crippen LogP) is 5.69. The number of rotatable bonds is 12. The molecule has 0 amide bonds. The van der Waals surface area contributed by atoms with Crippen LogP contribution in [0, 0.1) is 0 Å². The van der Waals surface area contributed by atoms with Crippen LogP contribution in [0.4, 0.5) is 0 Å². The molecular weight excluding hydrogens is 284 g/mol. The van der Waals surface area contributed by atoms with Gasteiger partial charge in [0, 0.05) is 0 Å². The summed E-state index contributed by atoms with van der Waals surface area (Å²) in [5.41, 5.74) is 4.48. The van der Waals surface area contributed by atoms with Crippen LogP contribution in [0.5, 0.6) is 0 Å². The molecular formula is C21H30O2. The Morgan fingerprint density at radius 2 is 1.57 bits per heavy atom. The van der Waals surface area contributed by atoms with Gasteiger partial charge in [-0.1, -0.05) is 63.1 Å². The van der Waals surface area contributed by atoms with Gasteiger partial charge in [-0.25, -0.2) is 0 Å². The van der Waals surface area contributed by atoms with E-state index in [0.717, 1.165) is 40.0 Å². The zero-order chi connectivity index (χ0) is 17.8. The Morgan fingerprint density at radius 1 is 0.913 bits per heavy atom. The summed E-state index contributed by atoms with van der Waals surface area (Å²) in [7, 11) is 0. The van der Waals surface area contributed by atoms with Crippen molar-refractivity contribution in [1.29, 1.82) is 0 Å². The second kappa shape index (κ2) is 11.5. The van der Waals surface area contributed by atoms with Crippen LogP contribution in [-0.2, 0) is 9.47 Å². The smallest absolute Gasteiger partial charge is 0.122 e. The molecule has 0 spiro atoms. The van der Waals surface area contributed by atoms with E-state index in [1.807, 2.05) is 39.0 Å². The molecule has 0 N–H and O–H groups in total. The molecule has 0 bridgehead atoms. The highest BCUT2D eigenvalue weighted by molar-refractivity contribution is 5.46. The lowest BCUT2D eigenvalue weighted by molar-refractivity contribution is 0.0903. The van der Waals surface area contributed by atoms with Gasteiger partial charge in [0.2, 0.25) is 0 Å². The quantitative estimate of drug-likeness (QED) is 0.199. The minimum atomic E-state index is 0.458. The molecule has 23 heavy (non-hydrogen) atoms. The summed E-state index contributed by atoms with van der Waals surface area (Å²) in [5, 5.41) is 0. The minimum Gasteiger partial charge on any atom is -0.491 e. The maximum atomic E-state index is 5.79. The topological polar surface area (TPSA) is 18.5 Å². The van der Waals surface area contributed by atoms with Crippen molar-refractivity contribution in [3.05, 3.63) is 84.7 Å². The minimum absolute atomic E-state index is 0.458. The van der Waals surface area contributed by atoms with Crippen LogP contribution in [0.15, 0.2) is 84.7 Å². The highest BCUT2D eigenvalue weighted by Gasteiger charge is 2.05. The Balaban J connectivity index is 4.72. The lowest BCUT2D eigenvalue weighted by Gasteiger charge is -2.13. The molecule has 0 unspecified atom stereocenters. The molecule has 0 aromatic heterocycles. The molecule has 0 saturated heterocycles. The maximum Gasteiger partial charge on any atom is 0.122 e. The van der Waals surface area contributed by atoms with Crippen LogP contribution in [0.25, 0.3) is 0 Å². The first-order valence-electron chi connectivity index (χ1n) is 7.74. The number of hydrogen-bond acceptors (Lipinski definition) is 2. The van der Waals surface area contributed by atoms with E-state index in [0.29, 0.717) is 19.8 Å². The molecule has 0 aromatic carbocycles. The first kappa shape index (κ1) is 20.9. The van der Waals surface area contributed by atoms with Crippen molar-refractivity contribution in [3.8, 4) is 0 Å². The van der Waals surface area contributed by atoms with Crippen LogP contribution >= 0.6 is 0 Å². The van der Waals surface area contributed by atoms with Crippen LogP contribution in [0.1, 0.15) is 27.2 Å². The van der Waals surface area contributed by atoms with Gasteiger partial charge in [0.25, 0.3) is 0 Å². The fourth-order valence-electron chi connectivity index (χ4n) is 1.48. The van der Waals surface area contributed by atoms with Crippen molar-refractivity contribution in [2.24, 2.45) is 0 Å². The maximum absolute atomic E-state index is 5.79. The third-order valence-corrected chi connectivity index (χ3v) is 2.90. The zero-order valence-electron chi connectivity index (χ0n) is 14.9. The first-order chi connectivity index (χ1) is 10.8. The Bertz CT molecular complexity index is 530. The molecule has 0 aliphatic carbocycles. The molecule has 0 aliphatic rings. The van der Waals surface area contributed by atoms with Gasteiger partial charge in [-0.3, -0.25) is 0 Å². The summed E-state index contributed by atoms with van der Waals surface area (Å²) in [6.45, 7) is 27.1. The molecule has 0 aliphatic heterocycles. The molecule has 0 radical (unpaired) electrons. The molecule has 0 heterocycles. The van der Waals surface area contributed by atoms with E-state index in [-0.39, 0.29) is 0 Å². The van der Waals surface area contributed by atoms with Crippen LogP contribution in [0.2, 0.25) is 0 Å². The summed E-state index contributed by atoms with van der Waals surface area (Å²) < 4.78 is 11.2. The monoisotopic (exact) mass is 314 g/mol. The summed E-state index contributed by atoms with van der Waals surface area (Å²) >= 11 is 0. The average Bonchev–Trinajstić information content (AvgIpc) is 2.49. The number of ether oxygens (including phenoxy) is 2. The second-order valence-corrected chi connectivity index (χ2v) is 5.55. The normalized spacial score (nSPS) is 11.3. The number of allylic oxidation sites excluding steroid dienone is 7. The van der Waals surface area contributed by atoms with Gasteiger partial charge < -0.3 is 9.47 Å². The van der Waals surface area contributed by atoms with Crippen molar-refractivity contribution >= 4 is 0 Å². The van der Waals surface area contributed by atoms with Gasteiger partial charge in [0.15, 0.2) is 0 Å². The van der Waals surface area contributed by atoms with Gasteiger partial charge in [0.05, 0.1) is 13.2 Å². The highest BCUT2D eigenvalue weighted by atomic mass is 16.5. The van der Waals surface area contributed by atoms with E-state index in [1.54, 1.807) is 0 Å². The lowest BCUT2D eigenvalue weighted by atomic mass is 10.1. The predicted molar refractivity (Wildman–Crippen MR) is 101 cm³/mol. The van der Waals surface area contributed by atoms with E-state index >= 15 is 0 Å². The third kappa shape index (κ3) is 10.3. The summed E-state index contributed by atoms with van der Waals surface area (Å²) in [5.74, 6) is 0.723. The zero-order valence-corrected chi connectivity index (χ0v) is 14.9. The molecule has 0 saturated carbocycles. The Morgan fingerprint density at radius 3 is 2.09 bits per heavy atom. The second-order valence-electron chi connectivity index (χ2n) is 5.55. The van der Waals surface area contributed by atoms with E-state index < -0.39 is 0 Å². The van der Waals surface area contributed by atoms with E-state index in [9.17, 15) is 0 Å². The van der Waals surface area contributed by atoms with E-state index in [4.69, 9.17) is 9.47 Å². The largest absolute Gasteiger partial charge is 0.491 e. The van der Waals surface area contributed by atoms with Crippen molar-refractivity contribution in [2.75, 3.05) is 19.8 Å². The van der Waals surface area contributed by atoms with Crippen molar-refractivity contribution < 1.29 is 9.47 Å². The van der Waals surface area contributed by atoms with Gasteiger partial charge in [-0.2, -0.15) is 0 Å². The summed E-state index contributed by atoms with van der Waals surface area (Å²) in [6, 6.07) is 0. The molecule has 126 valence electrons. The van der Waals surface area contributed by atoms with Gasteiger partial charge >= 0.3 is 0 Å². The molecule has 0 fully saturated rings. The summed E-state index contributed by atoms with van der Waals surface area (Å²) in [6.07, 6.45) is 6.47. The Hall–Kier alpha value is -2.06. The highest BCUT2D eigenvalue weighted by Crippen LogP contribution is 2.19. The van der Waals surface area contributed by atoms with Gasteiger partial charge in [-0.05, 0) is 43.1 Å². The Kier molecular flexibility index (Phi) is 10.5. The third-order valence-electron chi connectivity index (χ3n) is 2.90. The van der Waals surface area contributed by atoms with E-state index in [2.05, 4.69) is 32.9 Å². The van der Waals surface area contributed by atoms with Crippen molar-refractivity contribution in [3.63, 3.8) is 0 Å². The molecule has 0 atom stereocenters. The molecule has 2 heteroatoms. The van der Waals surface area contributed by atoms with Gasteiger partial charge in [0.1, 0.15) is 12.4 Å². The molecule has 2 nitrogen and oxygen atoms in total. The van der Waals surface area contributed by atoms with E-state index in [1.165, 1.54) is 0 Å². The van der Waals surface area contributed by atoms with Crippen LogP contribution in [0.3, 0.4) is 0 Å². The van der Waals surface area contributed by atoms with Gasteiger partial charge in [-0.15, -0.1) is 0 Å². The molecule has 0 aromatic rings. The number of hydrogen-bond donors (Lipinski definition) is 0. The van der Waals surface area contributed by atoms with Crippen molar-refractivity contribution in [2.45, 2.75) is 27.2 Å². The first-order valence-corrected chi connectivity index (χ1v) is 7.74. The summed E-state index contributed by atoms with van der Waals surface area (Å²) in [4.78, 5) is 0. The molecule has 0 rings (SSSR count). The fourth-order valence-corrected chi connectivity index (χ4v) is 1.48. The SMILES string of the molecule is C=C(C)/C=C\C(=C)C(=C)/C=C(/OCCOCC(=C)C)C(=C)CC. The lowest BCUT2D eigenvalue weighted by Crippen LogP contribution is -2.06. The standard InChI is InChI=1S/C21H30O2/c1-9-18(6)21(23-13-12-22-15-17(4)5)14-20(8)19(7)11-10-16(2)3/h10-11,14H,2,4,6-9,12-13,15H2,1,3,5H3/b11-10-,21-14+. The Labute approximate surface area is 141 Å². The average molecular weight is 314 g/mol. The van der Waals surface area contributed by atoms with Crippen LogP contribution in [-0.4, -0.2) is 19.8 Å². The fraction of sp³-hybridized carbons (Fsp3) is 0.333.